The largest absolute Gasteiger partial charge is 0.335 e. The molecule has 0 saturated heterocycles. The molecule has 0 amide bonds. The monoisotopic (exact) mass is 466 g/mol. The topological polar surface area (TPSA) is 61.8 Å². The first-order chi connectivity index (χ1) is 14.1. The van der Waals surface area contributed by atoms with E-state index in [1.54, 1.807) is 22.7 Å². The lowest BCUT2D eigenvalue weighted by Gasteiger charge is -2.16. The molecule has 2 heterocycles. The minimum Gasteiger partial charge on any atom is -0.309 e. The summed E-state index contributed by atoms with van der Waals surface area (Å²) >= 11 is 3.50. The molecule has 0 aliphatic carbocycles. The van der Waals surface area contributed by atoms with Gasteiger partial charge in [0.25, 0.3) is 0 Å². The normalized spacial score (nSPS) is 12.6. The zero-order chi connectivity index (χ0) is 20.4. The highest BCUT2D eigenvalue weighted by molar-refractivity contribution is 7.53. The Balaban J connectivity index is 1.76. The van der Waals surface area contributed by atoms with Gasteiger partial charge in [-0.2, -0.15) is 0 Å². The van der Waals surface area contributed by atoms with Gasteiger partial charge >= 0.3 is 16.3 Å². The van der Waals surface area contributed by atoms with E-state index in [2.05, 4.69) is 24.3 Å². The molecule has 2 aromatic carbocycles. The molecule has 5 nitrogen and oxygen atoms in total. The van der Waals surface area contributed by atoms with E-state index < -0.39 is 7.60 Å². The second-order valence-electron chi connectivity index (χ2n) is 6.48. The standard InChI is InChI=1S/C20H20O5P2S2/c1-3-24-27(22,25-4-2)12-14-6-8-18-16(10-14)20-19(29-18)15-9-13(11-23-26-21)5-7-17(15)28-20/h5-10H,3-4,11-12H2,1-2H3. The summed E-state index contributed by atoms with van der Waals surface area (Å²) in [5.74, 6) is 0. The number of thiophene rings is 2. The molecule has 29 heavy (non-hydrogen) atoms. The Bertz CT molecular complexity index is 1220. The minimum absolute atomic E-state index is 0.267. The molecule has 152 valence electrons. The van der Waals surface area contributed by atoms with Gasteiger partial charge < -0.3 is 9.05 Å². The molecule has 0 atom stereocenters. The van der Waals surface area contributed by atoms with Crippen LogP contribution in [-0.2, 0) is 35.5 Å². The summed E-state index contributed by atoms with van der Waals surface area (Å²) in [6, 6.07) is 12.4. The van der Waals surface area contributed by atoms with Crippen LogP contribution in [0.5, 0.6) is 0 Å². The maximum Gasteiger partial charge on any atom is 0.335 e. The molecule has 9 heteroatoms. The van der Waals surface area contributed by atoms with Crippen LogP contribution in [0.1, 0.15) is 25.0 Å². The van der Waals surface area contributed by atoms with Gasteiger partial charge in [0.15, 0.2) is 0 Å². The molecule has 4 rings (SSSR count). The number of hydrogen-bond acceptors (Lipinski definition) is 7. The Kier molecular flexibility index (Phi) is 6.47. The molecule has 0 radical (unpaired) electrons. The second kappa shape index (κ2) is 8.91. The molecule has 0 unspecified atom stereocenters. The Morgan fingerprint density at radius 2 is 1.45 bits per heavy atom. The Morgan fingerprint density at radius 3 is 2.00 bits per heavy atom. The van der Waals surface area contributed by atoms with Crippen molar-refractivity contribution in [3.05, 3.63) is 47.5 Å². The van der Waals surface area contributed by atoms with Crippen molar-refractivity contribution in [1.82, 2.24) is 0 Å². The van der Waals surface area contributed by atoms with Crippen molar-refractivity contribution in [3.8, 4) is 0 Å². The van der Waals surface area contributed by atoms with Gasteiger partial charge in [-0.05, 0) is 49.2 Å². The molecule has 4 aromatic rings. The summed E-state index contributed by atoms with van der Waals surface area (Å²) < 4.78 is 44.2. The highest BCUT2D eigenvalue weighted by atomic mass is 32.1. The van der Waals surface area contributed by atoms with E-state index in [0.717, 1.165) is 11.1 Å². The van der Waals surface area contributed by atoms with Crippen LogP contribution < -0.4 is 0 Å². The van der Waals surface area contributed by atoms with E-state index in [1.807, 2.05) is 26.0 Å². The maximum absolute atomic E-state index is 12.9. The summed E-state index contributed by atoms with van der Waals surface area (Å²) in [4.78, 5) is 0. The quantitative estimate of drug-likeness (QED) is 0.236. The molecule has 0 bridgehead atoms. The molecule has 0 spiro atoms. The van der Waals surface area contributed by atoms with Crippen LogP contribution >= 0.6 is 39.0 Å². The van der Waals surface area contributed by atoms with Gasteiger partial charge in [0.2, 0.25) is 0 Å². The predicted octanol–water partition coefficient (Wildman–Crippen LogP) is 7.76. The Morgan fingerprint density at radius 1 is 0.897 bits per heavy atom. The molecule has 0 saturated carbocycles. The average molecular weight is 466 g/mol. The van der Waals surface area contributed by atoms with Crippen molar-refractivity contribution in [2.24, 2.45) is 0 Å². The van der Waals surface area contributed by atoms with Gasteiger partial charge in [-0.3, -0.25) is 9.09 Å². The van der Waals surface area contributed by atoms with Crippen molar-refractivity contribution in [1.29, 1.82) is 0 Å². The van der Waals surface area contributed by atoms with Crippen molar-refractivity contribution in [3.63, 3.8) is 0 Å². The molecule has 0 N–H and O–H groups in total. The fourth-order valence-electron chi connectivity index (χ4n) is 3.39. The van der Waals surface area contributed by atoms with Crippen LogP contribution in [0.3, 0.4) is 0 Å². The first-order valence-corrected chi connectivity index (χ1v) is 13.4. The molecule has 2 aromatic heterocycles. The maximum atomic E-state index is 12.9. The fraction of sp³-hybridized carbons (Fsp3) is 0.300. The lowest BCUT2D eigenvalue weighted by Crippen LogP contribution is -1.98. The van der Waals surface area contributed by atoms with Crippen LogP contribution in [0, 0.1) is 0 Å². The molecule has 0 aliphatic heterocycles. The van der Waals surface area contributed by atoms with E-state index in [0.29, 0.717) is 19.8 Å². The summed E-state index contributed by atoms with van der Waals surface area (Å²) in [5.41, 5.74) is 1.94. The summed E-state index contributed by atoms with van der Waals surface area (Å²) in [7, 11) is -3.45. The zero-order valence-electron chi connectivity index (χ0n) is 16.0. The Labute approximate surface area is 178 Å². The molecule has 0 aliphatic rings. The summed E-state index contributed by atoms with van der Waals surface area (Å²) in [6.45, 7) is 4.68. The van der Waals surface area contributed by atoms with Crippen LogP contribution in [0.4, 0.5) is 0 Å². The van der Waals surface area contributed by atoms with Crippen LogP contribution in [0.2, 0.25) is 0 Å². The van der Waals surface area contributed by atoms with Gasteiger partial charge in [0.05, 0.1) is 35.4 Å². The van der Waals surface area contributed by atoms with Gasteiger partial charge in [-0.1, -0.05) is 12.1 Å². The van der Waals surface area contributed by atoms with E-state index in [-0.39, 0.29) is 14.8 Å². The highest BCUT2D eigenvalue weighted by Gasteiger charge is 2.24. The first kappa shape index (κ1) is 21.1. The van der Waals surface area contributed by atoms with Crippen molar-refractivity contribution in [2.75, 3.05) is 13.2 Å². The summed E-state index contributed by atoms with van der Waals surface area (Å²) in [5, 5.41) is 2.35. The molecular weight excluding hydrogens is 446 g/mol. The smallest absolute Gasteiger partial charge is 0.309 e. The highest BCUT2D eigenvalue weighted by Crippen LogP contribution is 2.52. The first-order valence-electron chi connectivity index (χ1n) is 9.26. The van der Waals surface area contributed by atoms with Crippen LogP contribution in [0.25, 0.3) is 29.6 Å². The number of fused-ring (bicyclic) bond motifs is 5. The van der Waals surface area contributed by atoms with Crippen molar-refractivity contribution >= 4 is 68.5 Å². The molecule has 0 fully saturated rings. The van der Waals surface area contributed by atoms with Crippen molar-refractivity contribution in [2.45, 2.75) is 26.6 Å². The van der Waals surface area contributed by atoms with Gasteiger partial charge in [0, 0.05) is 20.2 Å². The van der Waals surface area contributed by atoms with Gasteiger partial charge in [-0.15, -0.1) is 22.7 Å². The van der Waals surface area contributed by atoms with Crippen LogP contribution in [-0.4, -0.2) is 13.2 Å². The third-order valence-corrected chi connectivity index (χ3v) is 9.35. The third kappa shape index (κ3) is 4.33. The third-order valence-electron chi connectivity index (χ3n) is 4.52. The lowest BCUT2D eigenvalue weighted by atomic mass is 10.1. The van der Waals surface area contributed by atoms with E-state index in [4.69, 9.17) is 13.6 Å². The predicted molar refractivity (Wildman–Crippen MR) is 122 cm³/mol. The van der Waals surface area contributed by atoms with Gasteiger partial charge in [0.1, 0.15) is 0 Å². The fourth-order valence-corrected chi connectivity index (χ4v) is 7.87. The lowest BCUT2D eigenvalue weighted by molar-refractivity contribution is 0.219. The number of hydrogen-bond donors (Lipinski definition) is 0. The molecular formula is C20H20O5P2S2. The van der Waals surface area contributed by atoms with E-state index >= 15 is 0 Å². The van der Waals surface area contributed by atoms with Crippen molar-refractivity contribution < 1.29 is 22.7 Å². The Hall–Kier alpha value is -1.17. The van der Waals surface area contributed by atoms with E-state index in [1.165, 1.54) is 29.6 Å². The SMILES string of the molecule is CCOP(=O)(Cc1ccc2sc3c4cc(COP=O)ccc4sc3c2c1)OCC. The average Bonchev–Trinajstić information content (AvgIpc) is 3.22. The second-order valence-corrected chi connectivity index (χ2v) is 11.0. The zero-order valence-corrected chi connectivity index (χ0v) is 19.5. The minimum atomic E-state index is -3.14. The van der Waals surface area contributed by atoms with Gasteiger partial charge in [-0.25, -0.2) is 4.57 Å². The van der Waals surface area contributed by atoms with E-state index in [9.17, 15) is 9.13 Å². The summed E-state index contributed by atoms with van der Waals surface area (Å²) in [6.07, 6.45) is 0.267. The van der Waals surface area contributed by atoms with Crippen LogP contribution in [0.15, 0.2) is 36.4 Å². The number of benzene rings is 2. The number of rotatable bonds is 9.